The maximum atomic E-state index is 13.4. The summed E-state index contributed by atoms with van der Waals surface area (Å²) in [4.78, 5) is 13.4. The summed E-state index contributed by atoms with van der Waals surface area (Å²) in [6, 6.07) is 16.2. The molecule has 7 heteroatoms. The van der Waals surface area contributed by atoms with Crippen molar-refractivity contribution in [1.82, 2.24) is 0 Å². The molecule has 1 N–H and O–H groups in total. The van der Waals surface area contributed by atoms with E-state index in [0.29, 0.717) is 40.7 Å². The molecule has 1 aliphatic heterocycles. The minimum absolute atomic E-state index is 0.0177. The number of hydrogen-bond acceptors (Lipinski definition) is 7. The van der Waals surface area contributed by atoms with Gasteiger partial charge in [0.15, 0.2) is 28.8 Å². The maximum Gasteiger partial charge on any atom is 0.204 e. The molecule has 4 rings (SSSR count). The van der Waals surface area contributed by atoms with Crippen LogP contribution in [-0.2, 0) is 6.61 Å². The first kappa shape index (κ1) is 22.1. The molecule has 3 aromatic rings. The van der Waals surface area contributed by atoms with Crippen molar-refractivity contribution in [2.24, 2.45) is 0 Å². The Hall–Kier alpha value is -4.13. The Labute approximate surface area is 191 Å². The molecule has 0 aliphatic carbocycles. The SMILES string of the molecule is COc1ccc(/C=C2\COc3cc(OCc4ccccc4)c(OC)c(OC)c3C2=O)cc1O. The number of aromatic hydroxyl groups is 1. The molecule has 0 bridgehead atoms. The zero-order chi connectivity index (χ0) is 23.4. The van der Waals surface area contributed by atoms with Gasteiger partial charge in [-0.3, -0.25) is 4.79 Å². The number of Topliss-reactive ketones (excluding diaryl/α,β-unsaturated/α-hetero) is 1. The molecule has 1 heterocycles. The van der Waals surface area contributed by atoms with Crippen molar-refractivity contribution >= 4 is 11.9 Å². The number of ether oxygens (including phenoxy) is 5. The number of methoxy groups -OCH3 is 3. The molecule has 0 atom stereocenters. The van der Waals surface area contributed by atoms with Crippen LogP contribution in [0.3, 0.4) is 0 Å². The Balaban J connectivity index is 1.68. The molecule has 7 nitrogen and oxygen atoms in total. The molecule has 0 amide bonds. The fourth-order valence-corrected chi connectivity index (χ4v) is 3.64. The lowest BCUT2D eigenvalue weighted by atomic mass is 9.96. The highest BCUT2D eigenvalue weighted by molar-refractivity contribution is 6.16. The van der Waals surface area contributed by atoms with E-state index in [1.165, 1.54) is 27.4 Å². The van der Waals surface area contributed by atoms with E-state index in [-0.39, 0.29) is 29.5 Å². The van der Waals surface area contributed by atoms with Crippen LogP contribution >= 0.6 is 0 Å². The van der Waals surface area contributed by atoms with Crippen molar-refractivity contribution in [1.29, 1.82) is 0 Å². The topological polar surface area (TPSA) is 83.5 Å². The van der Waals surface area contributed by atoms with Gasteiger partial charge in [0.25, 0.3) is 0 Å². The van der Waals surface area contributed by atoms with Gasteiger partial charge in [-0.25, -0.2) is 0 Å². The van der Waals surface area contributed by atoms with Crippen molar-refractivity contribution in [3.63, 3.8) is 0 Å². The highest BCUT2D eigenvalue weighted by Gasteiger charge is 2.32. The van der Waals surface area contributed by atoms with Crippen LogP contribution in [0.4, 0.5) is 0 Å². The van der Waals surface area contributed by atoms with E-state index in [1.807, 2.05) is 30.3 Å². The second kappa shape index (κ2) is 9.56. The zero-order valence-corrected chi connectivity index (χ0v) is 18.6. The van der Waals surface area contributed by atoms with Crippen LogP contribution in [0, 0.1) is 0 Å². The molecule has 0 aromatic heterocycles. The van der Waals surface area contributed by atoms with E-state index in [4.69, 9.17) is 23.7 Å². The summed E-state index contributed by atoms with van der Waals surface area (Å²) >= 11 is 0. The molecule has 0 fully saturated rings. The summed E-state index contributed by atoms with van der Waals surface area (Å²) in [5, 5.41) is 10.0. The summed E-state index contributed by atoms with van der Waals surface area (Å²) in [5.41, 5.74) is 2.29. The maximum absolute atomic E-state index is 13.4. The van der Waals surface area contributed by atoms with Crippen LogP contribution < -0.4 is 23.7 Å². The van der Waals surface area contributed by atoms with Crippen LogP contribution in [-0.4, -0.2) is 38.8 Å². The first-order valence-electron chi connectivity index (χ1n) is 10.3. The number of carbonyl (C=O) groups is 1. The lowest BCUT2D eigenvalue weighted by Gasteiger charge is -2.24. The highest BCUT2D eigenvalue weighted by Crippen LogP contribution is 2.48. The van der Waals surface area contributed by atoms with E-state index in [0.717, 1.165) is 5.56 Å². The van der Waals surface area contributed by atoms with Gasteiger partial charge in [-0.2, -0.15) is 0 Å². The van der Waals surface area contributed by atoms with Crippen molar-refractivity contribution in [2.45, 2.75) is 6.61 Å². The third-order valence-corrected chi connectivity index (χ3v) is 5.26. The molecule has 0 spiro atoms. The molecule has 0 radical (unpaired) electrons. The number of rotatable bonds is 7. The Bertz CT molecular complexity index is 1200. The van der Waals surface area contributed by atoms with Gasteiger partial charge in [0, 0.05) is 11.6 Å². The van der Waals surface area contributed by atoms with E-state index < -0.39 is 0 Å². The van der Waals surface area contributed by atoms with Gasteiger partial charge in [-0.1, -0.05) is 36.4 Å². The lowest BCUT2D eigenvalue weighted by Crippen LogP contribution is -2.20. The Morgan fingerprint density at radius 1 is 0.939 bits per heavy atom. The molecular weight excluding hydrogens is 424 g/mol. The van der Waals surface area contributed by atoms with Crippen molar-refractivity contribution in [3.8, 4) is 34.5 Å². The first-order chi connectivity index (χ1) is 16.0. The fourth-order valence-electron chi connectivity index (χ4n) is 3.64. The summed E-state index contributed by atoms with van der Waals surface area (Å²) in [7, 11) is 4.43. The smallest absolute Gasteiger partial charge is 0.204 e. The predicted octanol–water partition coefficient (Wildman–Crippen LogP) is 4.66. The largest absolute Gasteiger partial charge is 0.504 e. The predicted molar refractivity (Wildman–Crippen MR) is 123 cm³/mol. The number of phenolic OH excluding ortho intramolecular Hbond substituents is 1. The van der Waals surface area contributed by atoms with Gasteiger partial charge < -0.3 is 28.8 Å². The quantitative estimate of drug-likeness (QED) is 0.527. The first-order valence-corrected chi connectivity index (χ1v) is 10.3. The van der Waals surface area contributed by atoms with Gasteiger partial charge in [0.2, 0.25) is 5.75 Å². The zero-order valence-electron chi connectivity index (χ0n) is 18.6. The number of carbonyl (C=O) groups excluding carboxylic acids is 1. The van der Waals surface area contributed by atoms with Crippen LogP contribution in [0.2, 0.25) is 0 Å². The van der Waals surface area contributed by atoms with Gasteiger partial charge in [-0.05, 0) is 29.3 Å². The minimum Gasteiger partial charge on any atom is -0.504 e. The Kier molecular flexibility index (Phi) is 6.40. The number of benzene rings is 3. The van der Waals surface area contributed by atoms with Crippen LogP contribution in [0.25, 0.3) is 6.08 Å². The summed E-state index contributed by atoms with van der Waals surface area (Å²) < 4.78 is 28.0. The van der Waals surface area contributed by atoms with Gasteiger partial charge in [0.05, 0.1) is 21.3 Å². The fraction of sp³-hybridized carbons (Fsp3) is 0.192. The number of ketones is 1. The molecule has 3 aromatic carbocycles. The molecular formula is C26H24O7. The average Bonchev–Trinajstić information content (AvgIpc) is 2.84. The Morgan fingerprint density at radius 2 is 1.70 bits per heavy atom. The number of fused-ring (bicyclic) bond motifs is 1. The highest BCUT2D eigenvalue weighted by atomic mass is 16.5. The lowest BCUT2D eigenvalue weighted by molar-refractivity contribution is 0.0995. The molecule has 0 saturated carbocycles. The molecule has 1 aliphatic rings. The van der Waals surface area contributed by atoms with Crippen molar-refractivity contribution in [2.75, 3.05) is 27.9 Å². The van der Waals surface area contributed by atoms with E-state index in [1.54, 1.807) is 24.3 Å². The number of phenols is 1. The second-order valence-corrected chi connectivity index (χ2v) is 7.31. The van der Waals surface area contributed by atoms with Crippen molar-refractivity contribution in [3.05, 3.63) is 76.9 Å². The third-order valence-electron chi connectivity index (χ3n) is 5.26. The summed E-state index contributed by atoms with van der Waals surface area (Å²) in [6.45, 7) is 0.380. The van der Waals surface area contributed by atoms with Crippen LogP contribution in [0.1, 0.15) is 21.5 Å². The second-order valence-electron chi connectivity index (χ2n) is 7.31. The summed E-state index contributed by atoms with van der Waals surface area (Å²) in [5.74, 6) is 1.40. The molecule has 170 valence electrons. The third kappa shape index (κ3) is 4.43. The van der Waals surface area contributed by atoms with E-state index >= 15 is 0 Å². The molecule has 33 heavy (non-hydrogen) atoms. The molecule has 0 saturated heterocycles. The summed E-state index contributed by atoms with van der Waals surface area (Å²) in [6.07, 6.45) is 1.66. The van der Waals surface area contributed by atoms with Crippen molar-refractivity contribution < 1.29 is 33.6 Å². The monoisotopic (exact) mass is 448 g/mol. The Morgan fingerprint density at radius 3 is 2.36 bits per heavy atom. The normalized spacial score (nSPS) is 13.8. The average molecular weight is 448 g/mol. The van der Waals surface area contributed by atoms with Crippen LogP contribution in [0.15, 0.2) is 60.2 Å². The number of hydrogen-bond donors (Lipinski definition) is 1. The van der Waals surface area contributed by atoms with Gasteiger partial charge in [-0.15, -0.1) is 0 Å². The van der Waals surface area contributed by atoms with E-state index in [9.17, 15) is 9.90 Å². The van der Waals surface area contributed by atoms with E-state index in [2.05, 4.69) is 0 Å². The van der Waals surface area contributed by atoms with Crippen LogP contribution in [0.5, 0.6) is 34.5 Å². The van der Waals surface area contributed by atoms with Gasteiger partial charge in [0.1, 0.15) is 24.5 Å². The molecule has 0 unspecified atom stereocenters. The standard InChI is InChI=1S/C26H24O7/c1-29-20-10-9-17(12-19(20)27)11-18-15-33-21-13-22(32-14-16-7-5-4-6-8-16)25(30-2)26(31-3)23(21)24(18)28/h4-13,27H,14-15H2,1-3H3/b18-11+. The van der Waals surface area contributed by atoms with Gasteiger partial charge >= 0.3 is 0 Å². The minimum atomic E-state index is -0.253.